The monoisotopic (exact) mass is 219 g/mol. The van der Waals surface area contributed by atoms with E-state index in [1.165, 1.54) is 29.7 Å². The average Bonchev–Trinajstić information content (AvgIpc) is 2.27. The SMILES string of the molecule is Cc1cc(C)cc(N2CCCCC2CO)c1. The fourth-order valence-electron chi connectivity index (χ4n) is 2.65. The molecule has 1 N–H and O–H groups in total. The highest BCUT2D eigenvalue weighted by Crippen LogP contribution is 2.26. The van der Waals surface area contributed by atoms with Crippen molar-refractivity contribution in [1.82, 2.24) is 0 Å². The standard InChI is InChI=1S/C14H21NO/c1-11-7-12(2)9-14(8-11)15-6-4-3-5-13(15)10-16/h7-9,13,16H,3-6,10H2,1-2H3. The molecule has 1 aromatic rings. The van der Waals surface area contributed by atoms with Gasteiger partial charge in [-0.1, -0.05) is 6.07 Å². The van der Waals surface area contributed by atoms with Gasteiger partial charge in [0, 0.05) is 12.2 Å². The van der Waals surface area contributed by atoms with Crippen molar-refractivity contribution in [2.24, 2.45) is 0 Å². The number of aliphatic hydroxyl groups is 1. The van der Waals surface area contributed by atoms with Crippen LogP contribution in [0.15, 0.2) is 18.2 Å². The fourth-order valence-corrected chi connectivity index (χ4v) is 2.65. The average molecular weight is 219 g/mol. The van der Waals surface area contributed by atoms with E-state index in [1.54, 1.807) is 0 Å². The third-order valence-corrected chi connectivity index (χ3v) is 3.38. The van der Waals surface area contributed by atoms with E-state index in [9.17, 15) is 5.11 Å². The fraction of sp³-hybridized carbons (Fsp3) is 0.571. The van der Waals surface area contributed by atoms with Gasteiger partial charge < -0.3 is 10.0 Å². The van der Waals surface area contributed by atoms with Crippen molar-refractivity contribution in [3.05, 3.63) is 29.3 Å². The first-order valence-electron chi connectivity index (χ1n) is 6.16. The molecule has 0 spiro atoms. The van der Waals surface area contributed by atoms with Gasteiger partial charge in [0.05, 0.1) is 12.6 Å². The smallest absolute Gasteiger partial charge is 0.0635 e. The number of aryl methyl sites for hydroxylation is 2. The Labute approximate surface area is 97.9 Å². The van der Waals surface area contributed by atoms with Crippen LogP contribution in [0.4, 0.5) is 5.69 Å². The van der Waals surface area contributed by atoms with E-state index >= 15 is 0 Å². The Bertz CT molecular complexity index is 342. The molecule has 1 unspecified atom stereocenters. The van der Waals surface area contributed by atoms with Gasteiger partial charge in [-0.2, -0.15) is 0 Å². The van der Waals surface area contributed by atoms with Crippen LogP contribution in [-0.4, -0.2) is 24.3 Å². The number of piperidine rings is 1. The Balaban J connectivity index is 2.26. The van der Waals surface area contributed by atoms with Crippen molar-refractivity contribution in [3.8, 4) is 0 Å². The molecule has 2 nitrogen and oxygen atoms in total. The second kappa shape index (κ2) is 4.88. The van der Waals surface area contributed by atoms with Crippen molar-refractivity contribution >= 4 is 5.69 Å². The van der Waals surface area contributed by atoms with Gasteiger partial charge >= 0.3 is 0 Å². The van der Waals surface area contributed by atoms with Crippen LogP contribution in [0.25, 0.3) is 0 Å². The first-order chi connectivity index (χ1) is 7.70. The number of benzene rings is 1. The van der Waals surface area contributed by atoms with Gasteiger partial charge in [-0.25, -0.2) is 0 Å². The summed E-state index contributed by atoms with van der Waals surface area (Å²) in [6, 6.07) is 6.96. The summed E-state index contributed by atoms with van der Waals surface area (Å²) < 4.78 is 0. The lowest BCUT2D eigenvalue weighted by atomic mass is 10.0. The number of aliphatic hydroxyl groups excluding tert-OH is 1. The van der Waals surface area contributed by atoms with Gasteiger partial charge in [-0.05, 0) is 56.4 Å². The van der Waals surface area contributed by atoms with Crippen LogP contribution in [0.3, 0.4) is 0 Å². The number of rotatable bonds is 2. The van der Waals surface area contributed by atoms with E-state index in [1.807, 2.05) is 0 Å². The van der Waals surface area contributed by atoms with Crippen LogP contribution < -0.4 is 4.90 Å². The topological polar surface area (TPSA) is 23.5 Å². The summed E-state index contributed by atoms with van der Waals surface area (Å²) in [5, 5.41) is 9.42. The Morgan fingerprint density at radius 1 is 1.19 bits per heavy atom. The minimum atomic E-state index is 0.271. The van der Waals surface area contributed by atoms with Crippen LogP contribution in [0.2, 0.25) is 0 Å². The maximum atomic E-state index is 9.42. The highest BCUT2D eigenvalue weighted by atomic mass is 16.3. The van der Waals surface area contributed by atoms with Crippen molar-refractivity contribution in [1.29, 1.82) is 0 Å². The molecule has 0 aliphatic carbocycles. The van der Waals surface area contributed by atoms with Gasteiger partial charge in [0.2, 0.25) is 0 Å². The second-order valence-corrected chi connectivity index (χ2v) is 4.87. The summed E-state index contributed by atoms with van der Waals surface area (Å²) in [7, 11) is 0. The molecule has 2 heteroatoms. The van der Waals surface area contributed by atoms with Crippen LogP contribution in [0.1, 0.15) is 30.4 Å². The van der Waals surface area contributed by atoms with Crippen LogP contribution in [0.5, 0.6) is 0 Å². The van der Waals surface area contributed by atoms with Gasteiger partial charge in [0.1, 0.15) is 0 Å². The van der Waals surface area contributed by atoms with Gasteiger partial charge in [0.15, 0.2) is 0 Å². The molecule has 2 rings (SSSR count). The molecule has 1 aliphatic heterocycles. The summed E-state index contributed by atoms with van der Waals surface area (Å²) in [5.41, 5.74) is 3.88. The minimum Gasteiger partial charge on any atom is -0.394 e. The maximum Gasteiger partial charge on any atom is 0.0635 e. The van der Waals surface area contributed by atoms with Crippen molar-refractivity contribution in [2.45, 2.75) is 39.2 Å². The number of hydrogen-bond acceptors (Lipinski definition) is 2. The molecular formula is C14H21NO. The predicted octanol–water partition coefficient (Wildman–Crippen LogP) is 2.65. The Hall–Kier alpha value is -1.02. The second-order valence-electron chi connectivity index (χ2n) is 4.87. The molecule has 1 saturated heterocycles. The molecule has 0 aromatic heterocycles. The Morgan fingerprint density at radius 2 is 1.88 bits per heavy atom. The highest BCUT2D eigenvalue weighted by Gasteiger charge is 2.21. The maximum absolute atomic E-state index is 9.42. The zero-order valence-corrected chi connectivity index (χ0v) is 10.2. The first-order valence-corrected chi connectivity index (χ1v) is 6.16. The molecule has 0 radical (unpaired) electrons. The van der Waals surface area contributed by atoms with E-state index in [4.69, 9.17) is 0 Å². The lowest BCUT2D eigenvalue weighted by Gasteiger charge is -2.36. The predicted molar refractivity (Wildman–Crippen MR) is 68.0 cm³/mol. The molecule has 0 saturated carbocycles. The molecule has 1 aliphatic rings. The molecule has 0 bridgehead atoms. The summed E-state index contributed by atoms with van der Waals surface area (Å²) in [6.45, 7) is 5.61. The summed E-state index contributed by atoms with van der Waals surface area (Å²) in [4.78, 5) is 2.36. The van der Waals surface area contributed by atoms with Crippen molar-refractivity contribution in [3.63, 3.8) is 0 Å². The lowest BCUT2D eigenvalue weighted by molar-refractivity contribution is 0.240. The number of anilines is 1. The normalized spacial score (nSPS) is 21.2. The van der Waals surface area contributed by atoms with Crippen LogP contribution in [0, 0.1) is 13.8 Å². The van der Waals surface area contributed by atoms with Crippen molar-refractivity contribution < 1.29 is 5.11 Å². The largest absolute Gasteiger partial charge is 0.394 e. The van der Waals surface area contributed by atoms with Crippen LogP contribution in [-0.2, 0) is 0 Å². The van der Waals surface area contributed by atoms with E-state index < -0.39 is 0 Å². The summed E-state index contributed by atoms with van der Waals surface area (Å²) in [6.07, 6.45) is 3.60. The van der Waals surface area contributed by atoms with E-state index in [0.717, 1.165) is 13.0 Å². The zero-order valence-electron chi connectivity index (χ0n) is 10.2. The van der Waals surface area contributed by atoms with Crippen molar-refractivity contribution in [2.75, 3.05) is 18.1 Å². The summed E-state index contributed by atoms with van der Waals surface area (Å²) >= 11 is 0. The van der Waals surface area contributed by atoms with E-state index in [0.29, 0.717) is 6.04 Å². The van der Waals surface area contributed by atoms with Crippen LogP contribution >= 0.6 is 0 Å². The minimum absolute atomic E-state index is 0.271. The molecule has 1 heterocycles. The Morgan fingerprint density at radius 3 is 2.50 bits per heavy atom. The number of nitrogens with zero attached hydrogens (tertiary/aromatic N) is 1. The highest BCUT2D eigenvalue weighted by molar-refractivity contribution is 5.52. The lowest BCUT2D eigenvalue weighted by Crippen LogP contribution is -2.41. The molecule has 1 fully saturated rings. The molecule has 88 valence electrons. The molecule has 1 aromatic carbocycles. The molecule has 16 heavy (non-hydrogen) atoms. The molecule has 0 amide bonds. The van der Waals surface area contributed by atoms with Gasteiger partial charge in [0.25, 0.3) is 0 Å². The number of hydrogen-bond donors (Lipinski definition) is 1. The van der Waals surface area contributed by atoms with E-state index in [2.05, 4.69) is 36.9 Å². The third-order valence-electron chi connectivity index (χ3n) is 3.38. The van der Waals surface area contributed by atoms with E-state index in [-0.39, 0.29) is 6.61 Å². The Kier molecular flexibility index (Phi) is 3.49. The quantitative estimate of drug-likeness (QED) is 0.826. The summed E-state index contributed by atoms with van der Waals surface area (Å²) in [5.74, 6) is 0. The third kappa shape index (κ3) is 2.38. The van der Waals surface area contributed by atoms with Gasteiger partial charge in [-0.15, -0.1) is 0 Å². The van der Waals surface area contributed by atoms with Gasteiger partial charge in [-0.3, -0.25) is 0 Å². The molecular weight excluding hydrogens is 198 g/mol. The molecule has 1 atom stereocenters. The zero-order chi connectivity index (χ0) is 11.5. The first kappa shape index (κ1) is 11.5.